The number of carbonyl (C=O) groups is 1. The van der Waals surface area contributed by atoms with E-state index in [1.807, 2.05) is 6.92 Å². The molecule has 2 atom stereocenters. The van der Waals surface area contributed by atoms with Gasteiger partial charge in [-0.25, -0.2) is 13.2 Å². The molecule has 1 saturated heterocycles. The number of likely N-dealkylation sites (N-methyl/N-ethyl adjacent to an activating group) is 1. The molecule has 0 unspecified atom stereocenters. The Morgan fingerprint density at radius 3 is 2.72 bits per heavy atom. The van der Waals surface area contributed by atoms with E-state index in [0.29, 0.717) is 19.6 Å². The number of sulfone groups is 1. The predicted molar refractivity (Wildman–Crippen MR) is 69.3 cm³/mol. The number of ether oxygens (including phenoxy) is 1. The molecule has 0 aromatic carbocycles. The van der Waals surface area contributed by atoms with Crippen molar-refractivity contribution in [2.24, 2.45) is 5.92 Å². The number of nitrogens with one attached hydrogen (secondary N) is 1. The summed E-state index contributed by atoms with van der Waals surface area (Å²) in [4.78, 5) is 13.3. The highest BCUT2D eigenvalue weighted by Gasteiger charge is 2.28. The van der Waals surface area contributed by atoms with Crippen molar-refractivity contribution >= 4 is 15.9 Å². The average Bonchev–Trinajstić information content (AvgIpc) is 2.65. The van der Waals surface area contributed by atoms with Gasteiger partial charge in [0.2, 0.25) is 0 Å². The van der Waals surface area contributed by atoms with E-state index >= 15 is 0 Å². The Morgan fingerprint density at radius 2 is 2.22 bits per heavy atom. The van der Waals surface area contributed by atoms with Gasteiger partial charge in [-0.15, -0.1) is 0 Å². The first-order valence-electron chi connectivity index (χ1n) is 6.05. The Hall–Kier alpha value is -0.820. The van der Waals surface area contributed by atoms with E-state index in [4.69, 9.17) is 4.74 Å². The molecule has 2 amide bonds. The lowest BCUT2D eigenvalue weighted by molar-refractivity contribution is 0.123. The van der Waals surface area contributed by atoms with Gasteiger partial charge >= 0.3 is 6.03 Å². The predicted octanol–water partition coefficient (Wildman–Crippen LogP) is 0.0974. The summed E-state index contributed by atoms with van der Waals surface area (Å²) in [5, 5.41) is 2.77. The van der Waals surface area contributed by atoms with Gasteiger partial charge in [-0.05, 0) is 19.3 Å². The van der Waals surface area contributed by atoms with E-state index in [-0.39, 0.29) is 29.5 Å². The molecule has 106 valence electrons. The van der Waals surface area contributed by atoms with Crippen molar-refractivity contribution in [3.63, 3.8) is 0 Å². The molecule has 1 heterocycles. The van der Waals surface area contributed by atoms with Crippen LogP contribution in [0.25, 0.3) is 0 Å². The molecule has 1 aliphatic heterocycles. The summed E-state index contributed by atoms with van der Waals surface area (Å²) in [6.07, 6.45) is 0.639. The summed E-state index contributed by atoms with van der Waals surface area (Å²) in [6, 6.07) is -0.203. The van der Waals surface area contributed by atoms with Crippen LogP contribution in [0.5, 0.6) is 0 Å². The Morgan fingerprint density at radius 1 is 1.56 bits per heavy atom. The van der Waals surface area contributed by atoms with Crippen molar-refractivity contribution in [2.75, 3.05) is 38.8 Å². The minimum Gasteiger partial charge on any atom is -0.383 e. The quantitative estimate of drug-likeness (QED) is 0.774. The lowest BCUT2D eigenvalue weighted by Gasteiger charge is -2.25. The molecule has 1 N–H and O–H groups in total. The van der Waals surface area contributed by atoms with E-state index in [2.05, 4.69) is 5.32 Å². The number of carbonyl (C=O) groups excluding carboxylic acids is 1. The Labute approximate surface area is 109 Å². The Kier molecular flexibility index (Phi) is 5.40. The van der Waals surface area contributed by atoms with Crippen LogP contribution in [-0.2, 0) is 14.6 Å². The summed E-state index contributed by atoms with van der Waals surface area (Å²) in [7, 11) is 0.414. The van der Waals surface area contributed by atoms with Crippen LogP contribution < -0.4 is 5.32 Å². The lowest BCUT2D eigenvalue weighted by Crippen LogP contribution is -2.45. The molecule has 0 spiro atoms. The van der Waals surface area contributed by atoms with Crippen LogP contribution in [-0.4, -0.2) is 64.2 Å². The molecule has 1 rings (SSSR count). The van der Waals surface area contributed by atoms with Crippen molar-refractivity contribution in [3.05, 3.63) is 0 Å². The van der Waals surface area contributed by atoms with Crippen LogP contribution in [0.2, 0.25) is 0 Å². The monoisotopic (exact) mass is 278 g/mol. The van der Waals surface area contributed by atoms with Crippen molar-refractivity contribution in [1.29, 1.82) is 0 Å². The molecule has 7 heteroatoms. The molecule has 1 fully saturated rings. The van der Waals surface area contributed by atoms with Gasteiger partial charge in [-0.3, -0.25) is 0 Å². The van der Waals surface area contributed by atoms with Gasteiger partial charge in [0, 0.05) is 20.7 Å². The molecule has 1 aliphatic rings. The third kappa shape index (κ3) is 4.45. The van der Waals surface area contributed by atoms with Crippen molar-refractivity contribution in [2.45, 2.75) is 19.4 Å². The SMILES string of the molecule is COC[C@@H](C)N(C)C(=O)NC[C@H]1CCS(=O)(=O)C1. The molecular weight excluding hydrogens is 256 g/mol. The van der Waals surface area contributed by atoms with Gasteiger partial charge in [-0.2, -0.15) is 0 Å². The first-order chi connectivity index (χ1) is 8.35. The highest BCUT2D eigenvalue weighted by molar-refractivity contribution is 7.91. The fraction of sp³-hybridized carbons (Fsp3) is 0.909. The van der Waals surface area contributed by atoms with E-state index < -0.39 is 9.84 Å². The normalized spacial score (nSPS) is 23.6. The van der Waals surface area contributed by atoms with E-state index in [0.717, 1.165) is 0 Å². The van der Waals surface area contributed by atoms with Crippen LogP contribution in [0, 0.1) is 5.92 Å². The molecule has 6 nitrogen and oxygen atoms in total. The summed E-state index contributed by atoms with van der Waals surface area (Å²) in [5.74, 6) is 0.471. The first-order valence-corrected chi connectivity index (χ1v) is 7.88. The summed E-state index contributed by atoms with van der Waals surface area (Å²) in [5.41, 5.74) is 0. The molecule has 0 saturated carbocycles. The number of amides is 2. The molecule has 0 bridgehead atoms. The zero-order valence-corrected chi connectivity index (χ0v) is 12.0. The third-order valence-corrected chi connectivity index (χ3v) is 5.10. The minimum atomic E-state index is -2.87. The molecule has 0 aliphatic carbocycles. The minimum absolute atomic E-state index is 0.0117. The topological polar surface area (TPSA) is 75.7 Å². The van der Waals surface area contributed by atoms with Gasteiger partial charge in [0.05, 0.1) is 24.2 Å². The zero-order valence-electron chi connectivity index (χ0n) is 11.2. The summed E-state index contributed by atoms with van der Waals surface area (Å²) >= 11 is 0. The van der Waals surface area contributed by atoms with Gasteiger partial charge < -0.3 is 15.0 Å². The van der Waals surface area contributed by atoms with Crippen LogP contribution in [0.15, 0.2) is 0 Å². The van der Waals surface area contributed by atoms with Crippen LogP contribution in [0.3, 0.4) is 0 Å². The molecule has 0 radical (unpaired) electrons. The Bertz CT molecular complexity index is 383. The van der Waals surface area contributed by atoms with E-state index in [1.165, 1.54) is 0 Å². The fourth-order valence-corrected chi connectivity index (χ4v) is 3.80. The van der Waals surface area contributed by atoms with Crippen LogP contribution >= 0.6 is 0 Å². The second-order valence-corrected chi connectivity index (χ2v) is 7.10. The highest BCUT2D eigenvalue weighted by Crippen LogP contribution is 2.17. The lowest BCUT2D eigenvalue weighted by atomic mass is 10.1. The fourth-order valence-electron chi connectivity index (χ4n) is 1.94. The smallest absolute Gasteiger partial charge is 0.317 e. The number of urea groups is 1. The Balaban J connectivity index is 2.33. The molecule has 0 aromatic rings. The molecule has 18 heavy (non-hydrogen) atoms. The van der Waals surface area contributed by atoms with Gasteiger partial charge in [-0.1, -0.05) is 0 Å². The number of rotatable bonds is 5. The van der Waals surface area contributed by atoms with E-state index in [1.54, 1.807) is 19.1 Å². The van der Waals surface area contributed by atoms with Crippen LogP contribution in [0.1, 0.15) is 13.3 Å². The van der Waals surface area contributed by atoms with Gasteiger partial charge in [0.15, 0.2) is 9.84 Å². The van der Waals surface area contributed by atoms with Gasteiger partial charge in [0.1, 0.15) is 0 Å². The second kappa shape index (κ2) is 6.38. The zero-order chi connectivity index (χ0) is 13.8. The van der Waals surface area contributed by atoms with Crippen molar-refractivity contribution < 1.29 is 17.9 Å². The van der Waals surface area contributed by atoms with Gasteiger partial charge in [0.25, 0.3) is 0 Å². The van der Waals surface area contributed by atoms with E-state index in [9.17, 15) is 13.2 Å². The van der Waals surface area contributed by atoms with Crippen molar-refractivity contribution in [3.8, 4) is 0 Å². The summed E-state index contributed by atoms with van der Waals surface area (Å²) < 4.78 is 27.5. The number of hydrogen-bond acceptors (Lipinski definition) is 4. The number of nitrogens with zero attached hydrogens (tertiary/aromatic N) is 1. The number of hydrogen-bond donors (Lipinski definition) is 1. The maximum Gasteiger partial charge on any atom is 0.317 e. The average molecular weight is 278 g/mol. The largest absolute Gasteiger partial charge is 0.383 e. The maximum atomic E-state index is 11.8. The molecular formula is C11H22N2O4S. The summed E-state index contributed by atoms with van der Waals surface area (Å²) in [6.45, 7) is 2.78. The van der Waals surface area contributed by atoms with Crippen molar-refractivity contribution in [1.82, 2.24) is 10.2 Å². The second-order valence-electron chi connectivity index (χ2n) is 4.87. The van der Waals surface area contributed by atoms with Crippen LogP contribution in [0.4, 0.5) is 4.79 Å². The number of methoxy groups -OCH3 is 1. The third-order valence-electron chi connectivity index (χ3n) is 3.26. The maximum absolute atomic E-state index is 11.8. The highest BCUT2D eigenvalue weighted by atomic mass is 32.2. The molecule has 0 aromatic heterocycles. The first kappa shape index (κ1) is 15.2. The standard InChI is InChI=1S/C11H22N2O4S/c1-9(7-17-3)13(2)11(14)12-6-10-4-5-18(15,16)8-10/h9-10H,4-8H2,1-3H3,(H,12,14)/t9-,10-/m1/s1.